The number of hydrogen-bond donors (Lipinski definition) is 1. The summed E-state index contributed by atoms with van der Waals surface area (Å²) in [5.74, 6) is 0. The number of nitrogens with two attached hydrogens (primary N) is 1. The first kappa shape index (κ1) is 13.4. The van der Waals surface area contributed by atoms with Crippen LogP contribution in [-0.4, -0.2) is 9.97 Å². The number of rotatable bonds is 3. The highest BCUT2D eigenvalue weighted by Crippen LogP contribution is 2.34. The van der Waals surface area contributed by atoms with E-state index in [1.807, 2.05) is 12.3 Å². The molecule has 2 heterocycles. The van der Waals surface area contributed by atoms with Crippen molar-refractivity contribution in [2.75, 3.05) is 0 Å². The topological polar surface area (TPSA) is 51.8 Å². The van der Waals surface area contributed by atoms with Crippen molar-refractivity contribution in [2.45, 2.75) is 25.6 Å². The van der Waals surface area contributed by atoms with E-state index in [-0.39, 0.29) is 0 Å². The van der Waals surface area contributed by atoms with Crippen molar-refractivity contribution in [1.29, 1.82) is 0 Å². The van der Waals surface area contributed by atoms with Crippen molar-refractivity contribution in [3.8, 4) is 0 Å². The Morgan fingerprint density at radius 3 is 2.67 bits per heavy atom. The summed E-state index contributed by atoms with van der Waals surface area (Å²) in [4.78, 5) is 8.01. The summed E-state index contributed by atoms with van der Waals surface area (Å²) in [6.07, 6.45) is -2.78. The minimum absolute atomic E-state index is 0.426. The van der Waals surface area contributed by atoms with Gasteiger partial charge in [0.05, 0.1) is 5.01 Å². The molecule has 0 saturated heterocycles. The highest BCUT2D eigenvalue weighted by atomic mass is 32.1. The molecule has 0 saturated carbocycles. The maximum Gasteiger partial charge on any atom is 0.443 e. The molecule has 98 valence electrons. The molecular formula is C10H10F3N3S2. The van der Waals surface area contributed by atoms with E-state index in [0.29, 0.717) is 22.6 Å². The fraction of sp³-hybridized carbons (Fsp3) is 0.400. The third-order valence-corrected chi connectivity index (χ3v) is 4.36. The van der Waals surface area contributed by atoms with Crippen LogP contribution in [0.25, 0.3) is 0 Å². The second-order valence-corrected chi connectivity index (χ2v) is 5.76. The molecule has 2 rings (SSSR count). The minimum atomic E-state index is -4.40. The van der Waals surface area contributed by atoms with Crippen LogP contribution in [0.4, 0.5) is 13.2 Å². The summed E-state index contributed by atoms with van der Waals surface area (Å²) in [5, 5.41) is 1.85. The van der Waals surface area contributed by atoms with E-state index in [1.165, 1.54) is 17.5 Å². The van der Waals surface area contributed by atoms with E-state index in [4.69, 9.17) is 5.73 Å². The lowest BCUT2D eigenvalue weighted by molar-refractivity contribution is -0.137. The molecule has 2 aromatic heterocycles. The monoisotopic (exact) mass is 293 g/mol. The van der Waals surface area contributed by atoms with Crippen LogP contribution in [0, 0.1) is 6.92 Å². The number of hydrogen-bond acceptors (Lipinski definition) is 5. The normalized spacial score (nSPS) is 13.8. The van der Waals surface area contributed by atoms with Gasteiger partial charge in [-0.05, 0) is 6.92 Å². The van der Waals surface area contributed by atoms with E-state index in [1.54, 1.807) is 0 Å². The first-order chi connectivity index (χ1) is 8.36. The molecule has 2 aromatic rings. The van der Waals surface area contributed by atoms with Crippen molar-refractivity contribution >= 4 is 22.7 Å². The van der Waals surface area contributed by atoms with Crippen LogP contribution >= 0.6 is 22.7 Å². The minimum Gasteiger partial charge on any atom is -0.323 e. The maximum atomic E-state index is 12.4. The molecule has 0 aliphatic heterocycles. The SMILES string of the molecule is Cc1csc(CC(N)c2cnc(C(F)(F)F)s2)n1. The number of alkyl halides is 3. The Balaban J connectivity index is 2.09. The van der Waals surface area contributed by atoms with Gasteiger partial charge in [0.25, 0.3) is 0 Å². The number of nitrogens with zero attached hydrogens (tertiary/aromatic N) is 2. The average molecular weight is 293 g/mol. The van der Waals surface area contributed by atoms with Gasteiger partial charge in [-0.25, -0.2) is 9.97 Å². The molecule has 0 aliphatic rings. The van der Waals surface area contributed by atoms with Gasteiger partial charge < -0.3 is 5.73 Å². The van der Waals surface area contributed by atoms with Crippen LogP contribution in [0.2, 0.25) is 0 Å². The Bertz CT molecular complexity index is 532. The van der Waals surface area contributed by atoms with E-state index < -0.39 is 17.2 Å². The zero-order chi connectivity index (χ0) is 13.3. The molecule has 0 aliphatic carbocycles. The molecule has 0 aromatic carbocycles. The number of halogens is 3. The smallest absolute Gasteiger partial charge is 0.323 e. The van der Waals surface area contributed by atoms with Crippen molar-refractivity contribution in [3.63, 3.8) is 0 Å². The van der Waals surface area contributed by atoms with Gasteiger partial charge in [0.1, 0.15) is 0 Å². The fourth-order valence-corrected chi connectivity index (χ4v) is 2.99. The lowest BCUT2D eigenvalue weighted by Gasteiger charge is -2.06. The van der Waals surface area contributed by atoms with Gasteiger partial charge >= 0.3 is 6.18 Å². The van der Waals surface area contributed by atoms with Gasteiger partial charge in [-0.15, -0.1) is 22.7 Å². The molecule has 0 fully saturated rings. The molecule has 0 radical (unpaired) electrons. The molecule has 1 unspecified atom stereocenters. The van der Waals surface area contributed by atoms with Crippen LogP contribution < -0.4 is 5.73 Å². The predicted octanol–water partition coefficient (Wildman–Crippen LogP) is 3.17. The Kier molecular flexibility index (Phi) is 3.69. The average Bonchev–Trinajstić information content (AvgIpc) is 2.85. The molecule has 0 amide bonds. The van der Waals surface area contributed by atoms with Crippen LogP contribution in [-0.2, 0) is 12.6 Å². The predicted molar refractivity (Wildman–Crippen MR) is 64.6 cm³/mol. The second kappa shape index (κ2) is 4.94. The van der Waals surface area contributed by atoms with Gasteiger partial charge in [0.2, 0.25) is 0 Å². The first-order valence-electron chi connectivity index (χ1n) is 5.06. The third-order valence-electron chi connectivity index (χ3n) is 2.19. The molecule has 18 heavy (non-hydrogen) atoms. The molecular weight excluding hydrogens is 283 g/mol. The van der Waals surface area contributed by atoms with E-state index >= 15 is 0 Å². The third kappa shape index (κ3) is 3.06. The van der Waals surface area contributed by atoms with Gasteiger partial charge in [0, 0.05) is 34.6 Å². The number of aromatic nitrogens is 2. The standard InChI is InChI=1S/C10H10F3N3S2/c1-5-4-17-8(16-5)2-6(14)7-3-15-9(18-7)10(11,12)13/h3-4,6H,2,14H2,1H3. The zero-order valence-electron chi connectivity index (χ0n) is 9.36. The highest BCUT2D eigenvalue weighted by molar-refractivity contribution is 7.11. The van der Waals surface area contributed by atoms with Gasteiger partial charge in [-0.2, -0.15) is 13.2 Å². The molecule has 8 heteroatoms. The second-order valence-electron chi connectivity index (χ2n) is 3.76. The summed E-state index contributed by atoms with van der Waals surface area (Å²) in [6.45, 7) is 1.86. The maximum absolute atomic E-state index is 12.4. The Labute approximate surface area is 110 Å². The summed E-state index contributed by atoms with van der Waals surface area (Å²) in [7, 11) is 0. The van der Waals surface area contributed by atoms with Crippen molar-refractivity contribution < 1.29 is 13.2 Å². The van der Waals surface area contributed by atoms with Crippen LogP contribution in [0.1, 0.15) is 26.6 Å². The largest absolute Gasteiger partial charge is 0.443 e. The summed E-state index contributed by atoms with van der Waals surface area (Å²) < 4.78 is 37.2. The van der Waals surface area contributed by atoms with Gasteiger partial charge in [-0.3, -0.25) is 0 Å². The lowest BCUT2D eigenvalue weighted by atomic mass is 10.2. The van der Waals surface area contributed by atoms with E-state index in [0.717, 1.165) is 10.7 Å². The quantitative estimate of drug-likeness (QED) is 0.945. The number of aryl methyl sites for hydroxylation is 1. The van der Waals surface area contributed by atoms with Crippen molar-refractivity contribution in [2.24, 2.45) is 5.73 Å². The molecule has 1 atom stereocenters. The van der Waals surface area contributed by atoms with Gasteiger partial charge in [-0.1, -0.05) is 0 Å². The molecule has 0 spiro atoms. The Hall–Kier alpha value is -0.990. The van der Waals surface area contributed by atoms with Gasteiger partial charge in [0.15, 0.2) is 5.01 Å². The fourth-order valence-electron chi connectivity index (χ4n) is 1.37. The van der Waals surface area contributed by atoms with Crippen molar-refractivity contribution in [1.82, 2.24) is 9.97 Å². The molecule has 0 bridgehead atoms. The Morgan fingerprint density at radius 2 is 2.17 bits per heavy atom. The molecule has 3 nitrogen and oxygen atoms in total. The summed E-state index contributed by atoms with van der Waals surface area (Å²) in [5.41, 5.74) is 6.75. The summed E-state index contributed by atoms with van der Waals surface area (Å²) in [6, 6.07) is -0.496. The lowest BCUT2D eigenvalue weighted by Crippen LogP contribution is -2.11. The first-order valence-corrected chi connectivity index (χ1v) is 6.75. The summed E-state index contributed by atoms with van der Waals surface area (Å²) >= 11 is 2.05. The molecule has 2 N–H and O–H groups in total. The highest BCUT2D eigenvalue weighted by Gasteiger charge is 2.35. The van der Waals surface area contributed by atoms with Crippen LogP contribution in [0.5, 0.6) is 0 Å². The van der Waals surface area contributed by atoms with E-state index in [2.05, 4.69) is 9.97 Å². The van der Waals surface area contributed by atoms with Crippen LogP contribution in [0.15, 0.2) is 11.6 Å². The number of thiazole rings is 2. The zero-order valence-corrected chi connectivity index (χ0v) is 11.0. The van der Waals surface area contributed by atoms with Crippen LogP contribution in [0.3, 0.4) is 0 Å². The van der Waals surface area contributed by atoms with Crippen molar-refractivity contribution in [3.05, 3.63) is 32.2 Å². The Morgan fingerprint density at radius 1 is 1.44 bits per heavy atom. The van der Waals surface area contributed by atoms with E-state index in [9.17, 15) is 13.2 Å².